The molecule has 1 atom stereocenters. The SMILES string of the molecule is CCc1ccc(N2C(=O)c3oc4ccc(F)cc4c(=O)c3C2c2ccc(F)cc2)cc1. The fourth-order valence-electron chi connectivity index (χ4n) is 4.06. The van der Waals surface area contributed by atoms with Gasteiger partial charge < -0.3 is 4.42 Å². The van der Waals surface area contributed by atoms with E-state index in [0.717, 1.165) is 18.1 Å². The number of halogens is 2. The summed E-state index contributed by atoms with van der Waals surface area (Å²) in [6.45, 7) is 2.03. The maximum Gasteiger partial charge on any atom is 0.295 e. The number of rotatable bonds is 3. The summed E-state index contributed by atoms with van der Waals surface area (Å²) in [5.41, 5.74) is 2.01. The minimum Gasteiger partial charge on any atom is -0.450 e. The average molecular weight is 417 g/mol. The first-order valence-electron chi connectivity index (χ1n) is 9.92. The third-order valence-electron chi connectivity index (χ3n) is 5.64. The van der Waals surface area contributed by atoms with E-state index in [-0.39, 0.29) is 22.3 Å². The van der Waals surface area contributed by atoms with Crippen LogP contribution in [0.3, 0.4) is 0 Å². The lowest BCUT2D eigenvalue weighted by atomic mass is 9.98. The molecule has 4 nitrogen and oxygen atoms in total. The molecular formula is C25H17F2NO3. The lowest BCUT2D eigenvalue weighted by molar-refractivity contribution is 0.0971. The first-order valence-corrected chi connectivity index (χ1v) is 9.92. The monoisotopic (exact) mass is 417 g/mol. The fraction of sp³-hybridized carbons (Fsp3) is 0.120. The van der Waals surface area contributed by atoms with Crippen LogP contribution in [-0.4, -0.2) is 5.91 Å². The van der Waals surface area contributed by atoms with E-state index in [4.69, 9.17) is 4.42 Å². The first-order chi connectivity index (χ1) is 15.0. The Hall–Kier alpha value is -3.80. The highest BCUT2D eigenvalue weighted by Gasteiger charge is 2.43. The number of hydrogen-bond acceptors (Lipinski definition) is 3. The van der Waals surface area contributed by atoms with Crippen LogP contribution in [-0.2, 0) is 6.42 Å². The second kappa shape index (κ2) is 7.16. The van der Waals surface area contributed by atoms with Gasteiger partial charge in [0.15, 0.2) is 5.43 Å². The topological polar surface area (TPSA) is 50.5 Å². The predicted octanol–water partition coefficient (Wildman–Crippen LogP) is 5.38. The van der Waals surface area contributed by atoms with Crippen LogP contribution < -0.4 is 10.3 Å². The maximum atomic E-state index is 13.8. The lowest BCUT2D eigenvalue weighted by Gasteiger charge is -2.25. The van der Waals surface area contributed by atoms with Gasteiger partial charge in [-0.3, -0.25) is 14.5 Å². The zero-order valence-electron chi connectivity index (χ0n) is 16.6. The highest BCUT2D eigenvalue weighted by atomic mass is 19.1. The molecule has 1 aromatic heterocycles. The summed E-state index contributed by atoms with van der Waals surface area (Å²) in [6, 6.07) is 15.9. The van der Waals surface area contributed by atoms with Crippen molar-refractivity contribution >= 4 is 22.6 Å². The van der Waals surface area contributed by atoms with E-state index in [1.807, 2.05) is 31.2 Å². The third-order valence-corrected chi connectivity index (χ3v) is 5.64. The molecule has 6 heteroatoms. The van der Waals surface area contributed by atoms with Gasteiger partial charge in [0, 0.05) is 5.69 Å². The number of benzene rings is 3. The quantitative estimate of drug-likeness (QED) is 0.450. The van der Waals surface area contributed by atoms with Gasteiger partial charge in [-0.2, -0.15) is 0 Å². The van der Waals surface area contributed by atoms with Gasteiger partial charge in [-0.25, -0.2) is 8.78 Å². The van der Waals surface area contributed by atoms with E-state index in [0.29, 0.717) is 11.3 Å². The average Bonchev–Trinajstić information content (AvgIpc) is 3.07. The largest absolute Gasteiger partial charge is 0.450 e. The van der Waals surface area contributed by atoms with Gasteiger partial charge in [0.05, 0.1) is 17.0 Å². The molecule has 0 saturated carbocycles. The molecule has 0 N–H and O–H groups in total. The molecule has 31 heavy (non-hydrogen) atoms. The van der Waals surface area contributed by atoms with Crippen LogP contribution >= 0.6 is 0 Å². The lowest BCUT2D eigenvalue weighted by Crippen LogP contribution is -2.29. The summed E-state index contributed by atoms with van der Waals surface area (Å²) in [5.74, 6) is -1.57. The van der Waals surface area contributed by atoms with Crippen LogP contribution in [0.2, 0.25) is 0 Å². The van der Waals surface area contributed by atoms with Crippen LogP contribution in [0.15, 0.2) is 75.9 Å². The summed E-state index contributed by atoms with van der Waals surface area (Å²) in [6.07, 6.45) is 0.840. The van der Waals surface area contributed by atoms with E-state index in [1.54, 1.807) is 0 Å². The summed E-state index contributed by atoms with van der Waals surface area (Å²) in [5, 5.41) is 0.0573. The molecule has 1 unspecified atom stereocenters. The summed E-state index contributed by atoms with van der Waals surface area (Å²) < 4.78 is 33.2. The highest BCUT2D eigenvalue weighted by Crippen LogP contribution is 2.41. The Morgan fingerprint density at radius 2 is 1.58 bits per heavy atom. The van der Waals surface area contributed by atoms with E-state index in [2.05, 4.69) is 0 Å². The van der Waals surface area contributed by atoms with Crippen molar-refractivity contribution in [2.75, 3.05) is 4.90 Å². The Morgan fingerprint density at radius 1 is 0.903 bits per heavy atom. The van der Waals surface area contributed by atoms with Gasteiger partial charge in [-0.1, -0.05) is 31.2 Å². The summed E-state index contributed by atoms with van der Waals surface area (Å²) in [4.78, 5) is 28.2. The zero-order valence-corrected chi connectivity index (χ0v) is 16.6. The second-order valence-corrected chi connectivity index (χ2v) is 7.46. The molecule has 3 aromatic carbocycles. The van der Waals surface area contributed by atoms with Gasteiger partial charge in [0.1, 0.15) is 17.2 Å². The number of fused-ring (bicyclic) bond motifs is 2. The summed E-state index contributed by atoms with van der Waals surface area (Å²) >= 11 is 0. The number of aryl methyl sites for hydroxylation is 1. The van der Waals surface area contributed by atoms with Crippen molar-refractivity contribution in [2.45, 2.75) is 19.4 Å². The Bertz CT molecular complexity index is 1380. The highest BCUT2D eigenvalue weighted by molar-refractivity contribution is 6.10. The molecule has 2 heterocycles. The van der Waals surface area contributed by atoms with E-state index in [9.17, 15) is 18.4 Å². The molecule has 1 aliphatic heterocycles. The van der Waals surface area contributed by atoms with Gasteiger partial charge in [-0.05, 0) is 60.0 Å². The number of anilines is 1. The second-order valence-electron chi connectivity index (χ2n) is 7.46. The number of amides is 1. The molecule has 0 bridgehead atoms. The molecule has 0 aliphatic carbocycles. The molecule has 154 valence electrons. The van der Waals surface area contributed by atoms with Crippen molar-refractivity contribution in [3.8, 4) is 0 Å². The molecule has 1 aliphatic rings. The molecule has 4 aromatic rings. The van der Waals surface area contributed by atoms with Crippen molar-refractivity contribution in [3.63, 3.8) is 0 Å². The minimum atomic E-state index is -0.820. The molecule has 0 radical (unpaired) electrons. The van der Waals surface area contributed by atoms with Gasteiger partial charge in [0.25, 0.3) is 5.91 Å². The number of hydrogen-bond donors (Lipinski definition) is 0. The van der Waals surface area contributed by atoms with E-state index < -0.39 is 29.0 Å². The molecular weight excluding hydrogens is 400 g/mol. The molecule has 0 spiro atoms. The van der Waals surface area contributed by atoms with Crippen molar-refractivity contribution in [3.05, 3.63) is 111 Å². The first kappa shape index (κ1) is 19.2. The van der Waals surface area contributed by atoms with Crippen molar-refractivity contribution in [1.29, 1.82) is 0 Å². The Kier molecular flexibility index (Phi) is 4.43. The number of carbonyl (C=O) groups excluding carboxylic acids is 1. The maximum absolute atomic E-state index is 13.8. The Labute approximate surface area is 176 Å². The normalized spacial score (nSPS) is 15.5. The summed E-state index contributed by atoms with van der Waals surface area (Å²) in [7, 11) is 0. The van der Waals surface area contributed by atoms with Crippen LogP contribution in [0.5, 0.6) is 0 Å². The molecule has 0 saturated heterocycles. The molecule has 1 amide bonds. The fourth-order valence-corrected chi connectivity index (χ4v) is 4.06. The number of nitrogens with zero attached hydrogens (tertiary/aromatic N) is 1. The standard InChI is InChI=1S/C25H17F2NO3/c1-2-14-3-10-18(11-4-14)28-22(15-5-7-16(26)8-6-15)21-23(29)19-13-17(27)9-12-20(19)31-24(21)25(28)30/h3-13,22H,2H2,1H3. The van der Waals surface area contributed by atoms with Gasteiger partial charge >= 0.3 is 0 Å². The Morgan fingerprint density at radius 3 is 2.26 bits per heavy atom. The predicted molar refractivity (Wildman–Crippen MR) is 113 cm³/mol. The van der Waals surface area contributed by atoms with Crippen LogP contribution in [0.1, 0.15) is 40.2 Å². The van der Waals surface area contributed by atoms with Crippen molar-refractivity contribution in [2.24, 2.45) is 0 Å². The number of carbonyl (C=O) groups is 1. The van der Waals surface area contributed by atoms with Crippen molar-refractivity contribution < 1.29 is 18.0 Å². The van der Waals surface area contributed by atoms with Gasteiger partial charge in [-0.15, -0.1) is 0 Å². The van der Waals surface area contributed by atoms with Crippen LogP contribution in [0.25, 0.3) is 11.0 Å². The third kappa shape index (κ3) is 3.03. The smallest absolute Gasteiger partial charge is 0.295 e. The molecule has 5 rings (SSSR count). The van der Waals surface area contributed by atoms with Crippen LogP contribution in [0.4, 0.5) is 14.5 Å². The molecule has 0 fully saturated rings. The van der Waals surface area contributed by atoms with E-state index in [1.165, 1.54) is 41.3 Å². The Balaban J connectivity index is 1.78. The zero-order chi connectivity index (χ0) is 21.7. The minimum absolute atomic E-state index is 0.0573. The van der Waals surface area contributed by atoms with Crippen LogP contribution in [0, 0.1) is 11.6 Å². The van der Waals surface area contributed by atoms with Gasteiger partial charge in [0.2, 0.25) is 5.76 Å². The van der Waals surface area contributed by atoms with Crippen molar-refractivity contribution in [1.82, 2.24) is 0 Å². The van der Waals surface area contributed by atoms with E-state index >= 15 is 0 Å².